The van der Waals surface area contributed by atoms with E-state index in [1.807, 2.05) is 0 Å². The van der Waals surface area contributed by atoms with Crippen LogP contribution < -0.4 is 9.62 Å². The molecule has 1 N–H and O–H groups in total. The molecule has 0 saturated carbocycles. The molecule has 0 aliphatic heterocycles. The molecule has 0 aliphatic carbocycles. The molecule has 0 unspecified atom stereocenters. The summed E-state index contributed by atoms with van der Waals surface area (Å²) in [5.41, 5.74) is 0.993. The zero-order chi connectivity index (χ0) is 15.6. The normalized spacial score (nSPS) is 11.2. The van der Waals surface area contributed by atoms with Gasteiger partial charge < -0.3 is 5.32 Å². The van der Waals surface area contributed by atoms with Gasteiger partial charge in [0.2, 0.25) is 15.3 Å². The smallest absolute Gasteiger partial charge is 0.232 e. The Balaban J connectivity index is 2.44. The van der Waals surface area contributed by atoms with Crippen molar-refractivity contribution in [3.05, 3.63) is 40.8 Å². The van der Waals surface area contributed by atoms with Crippen molar-refractivity contribution in [3.63, 3.8) is 0 Å². The largest absolute Gasteiger partial charge is 0.337 e. The Morgan fingerprint density at radius 2 is 1.90 bits per heavy atom. The van der Waals surface area contributed by atoms with Crippen molar-refractivity contribution in [1.82, 2.24) is 9.97 Å². The van der Waals surface area contributed by atoms with Gasteiger partial charge >= 0.3 is 0 Å². The van der Waals surface area contributed by atoms with E-state index in [1.54, 1.807) is 24.3 Å². The Hall–Kier alpha value is -1.57. The van der Waals surface area contributed by atoms with Crippen LogP contribution in [0.15, 0.2) is 30.5 Å². The number of aromatic nitrogens is 2. The molecular weight excluding hydrogens is 335 g/mol. The van der Waals surface area contributed by atoms with Crippen LogP contribution in [0.25, 0.3) is 0 Å². The van der Waals surface area contributed by atoms with Crippen LogP contribution in [0.1, 0.15) is 0 Å². The highest BCUT2D eigenvalue weighted by atomic mass is 35.5. The summed E-state index contributed by atoms with van der Waals surface area (Å²) in [5, 5.41) is 3.27. The molecule has 1 aromatic carbocycles. The second-order valence-corrected chi connectivity index (χ2v) is 6.97. The van der Waals surface area contributed by atoms with Gasteiger partial charge in [-0.05, 0) is 23.7 Å². The molecule has 0 aliphatic rings. The first-order valence-electron chi connectivity index (χ1n) is 5.77. The molecular formula is C12H12Cl2N4O2S. The monoisotopic (exact) mass is 346 g/mol. The van der Waals surface area contributed by atoms with E-state index in [4.69, 9.17) is 23.2 Å². The van der Waals surface area contributed by atoms with Crippen molar-refractivity contribution in [2.45, 2.75) is 0 Å². The van der Waals surface area contributed by atoms with E-state index in [0.717, 1.165) is 10.6 Å². The lowest BCUT2D eigenvalue weighted by Gasteiger charge is -2.20. The van der Waals surface area contributed by atoms with Crippen molar-refractivity contribution in [2.24, 2.45) is 0 Å². The number of halogens is 2. The summed E-state index contributed by atoms with van der Waals surface area (Å²) in [5.74, 6) is 0.297. The molecule has 1 aromatic heterocycles. The highest BCUT2D eigenvalue weighted by Gasteiger charge is 2.16. The highest BCUT2D eigenvalue weighted by molar-refractivity contribution is 7.92. The van der Waals surface area contributed by atoms with Crippen molar-refractivity contribution >= 4 is 50.4 Å². The maximum Gasteiger partial charge on any atom is 0.232 e. The number of nitrogens with one attached hydrogen (secondary N) is 1. The second kappa shape index (κ2) is 6.05. The fourth-order valence-electron chi connectivity index (χ4n) is 1.59. The predicted octanol–water partition coefficient (Wildman–Crippen LogP) is 2.92. The van der Waals surface area contributed by atoms with Crippen LogP contribution in [0.3, 0.4) is 0 Å². The van der Waals surface area contributed by atoms with E-state index in [1.165, 1.54) is 13.2 Å². The van der Waals surface area contributed by atoms with Crippen molar-refractivity contribution < 1.29 is 8.42 Å². The van der Waals surface area contributed by atoms with Gasteiger partial charge in [0, 0.05) is 7.05 Å². The van der Waals surface area contributed by atoms with Crippen LogP contribution in [-0.4, -0.2) is 31.7 Å². The average Bonchev–Trinajstić information content (AvgIpc) is 2.42. The van der Waals surface area contributed by atoms with Crippen molar-refractivity contribution in [3.8, 4) is 0 Å². The van der Waals surface area contributed by atoms with Crippen LogP contribution in [0.5, 0.6) is 0 Å². The van der Waals surface area contributed by atoms with Crippen LogP contribution in [0.4, 0.5) is 17.2 Å². The lowest BCUT2D eigenvalue weighted by molar-refractivity contribution is 0.600. The first-order chi connectivity index (χ1) is 9.79. The van der Waals surface area contributed by atoms with Gasteiger partial charge in [-0.2, -0.15) is 4.98 Å². The molecule has 0 amide bonds. The number of hydrogen-bond donors (Lipinski definition) is 1. The van der Waals surface area contributed by atoms with Crippen LogP contribution in [0.2, 0.25) is 10.3 Å². The summed E-state index contributed by atoms with van der Waals surface area (Å²) < 4.78 is 24.5. The Morgan fingerprint density at radius 1 is 1.24 bits per heavy atom. The summed E-state index contributed by atoms with van der Waals surface area (Å²) in [6, 6.07) is 6.87. The number of nitrogens with zero attached hydrogens (tertiary/aromatic N) is 3. The minimum atomic E-state index is -3.39. The van der Waals surface area contributed by atoms with Crippen LogP contribution in [-0.2, 0) is 10.0 Å². The van der Waals surface area contributed by atoms with Gasteiger partial charge in [0.25, 0.3) is 0 Å². The molecule has 21 heavy (non-hydrogen) atoms. The Bertz CT molecular complexity index is 768. The third kappa shape index (κ3) is 3.75. The lowest BCUT2D eigenvalue weighted by Crippen LogP contribution is -2.25. The first kappa shape index (κ1) is 15.8. The van der Waals surface area contributed by atoms with E-state index < -0.39 is 10.0 Å². The van der Waals surface area contributed by atoms with E-state index >= 15 is 0 Å². The van der Waals surface area contributed by atoms with Crippen LogP contribution in [0, 0.1) is 0 Å². The molecule has 0 fully saturated rings. The second-order valence-electron chi connectivity index (χ2n) is 4.21. The zero-order valence-corrected chi connectivity index (χ0v) is 13.5. The summed E-state index contributed by atoms with van der Waals surface area (Å²) in [6.07, 6.45) is 2.49. The zero-order valence-electron chi connectivity index (χ0n) is 11.2. The molecule has 1 heterocycles. The van der Waals surface area contributed by atoms with Gasteiger partial charge in [0.15, 0.2) is 5.82 Å². The van der Waals surface area contributed by atoms with Gasteiger partial charge in [-0.25, -0.2) is 13.4 Å². The molecule has 0 radical (unpaired) electrons. The summed E-state index contributed by atoms with van der Waals surface area (Å²) in [6.45, 7) is 0. The molecule has 9 heteroatoms. The highest BCUT2D eigenvalue weighted by Crippen LogP contribution is 2.31. The first-order valence-corrected chi connectivity index (χ1v) is 8.37. The number of para-hydroxylation sites is 2. The minimum Gasteiger partial charge on any atom is -0.337 e. The van der Waals surface area contributed by atoms with E-state index in [2.05, 4.69) is 15.3 Å². The maximum absolute atomic E-state index is 11.7. The topological polar surface area (TPSA) is 75.2 Å². The quantitative estimate of drug-likeness (QED) is 0.861. The van der Waals surface area contributed by atoms with Crippen molar-refractivity contribution in [1.29, 1.82) is 0 Å². The van der Waals surface area contributed by atoms with Crippen LogP contribution >= 0.6 is 23.2 Å². The summed E-state index contributed by atoms with van der Waals surface area (Å²) in [7, 11) is -1.92. The van der Waals surface area contributed by atoms with Gasteiger partial charge in [-0.3, -0.25) is 4.31 Å². The molecule has 0 bridgehead atoms. The van der Waals surface area contributed by atoms with Gasteiger partial charge in [-0.1, -0.05) is 23.7 Å². The number of anilines is 3. The van der Waals surface area contributed by atoms with Gasteiger partial charge in [-0.15, -0.1) is 0 Å². The molecule has 0 spiro atoms. The van der Waals surface area contributed by atoms with E-state index in [0.29, 0.717) is 17.2 Å². The van der Waals surface area contributed by atoms with Gasteiger partial charge in [0.05, 0.1) is 23.8 Å². The third-order valence-corrected chi connectivity index (χ3v) is 4.36. The molecule has 2 aromatic rings. The third-order valence-electron chi connectivity index (χ3n) is 2.71. The summed E-state index contributed by atoms with van der Waals surface area (Å²) in [4.78, 5) is 7.73. The minimum absolute atomic E-state index is 0.0378. The Labute approximate surface area is 132 Å². The SMILES string of the molecule is CN(c1ccccc1Nc1nc(Cl)ncc1Cl)S(C)(=O)=O. The molecule has 112 valence electrons. The van der Waals surface area contributed by atoms with Crippen molar-refractivity contribution in [2.75, 3.05) is 22.9 Å². The standard InChI is InChI=1S/C12H12Cl2N4O2S/c1-18(21(2,19)20)10-6-4-3-5-9(10)16-11-8(13)7-15-12(14)17-11/h3-7H,1-2H3,(H,15,16,17). The number of benzene rings is 1. The van der Waals surface area contributed by atoms with E-state index in [-0.39, 0.29) is 10.3 Å². The average molecular weight is 347 g/mol. The number of rotatable bonds is 4. The molecule has 6 nitrogen and oxygen atoms in total. The van der Waals surface area contributed by atoms with E-state index in [9.17, 15) is 8.42 Å². The molecule has 2 rings (SSSR count). The fraction of sp³-hybridized carbons (Fsp3) is 0.167. The fourth-order valence-corrected chi connectivity index (χ4v) is 2.38. The number of sulfonamides is 1. The Morgan fingerprint density at radius 3 is 2.57 bits per heavy atom. The number of hydrogen-bond acceptors (Lipinski definition) is 5. The lowest BCUT2D eigenvalue weighted by atomic mass is 10.2. The molecule has 0 saturated heterocycles. The summed E-state index contributed by atoms with van der Waals surface area (Å²) >= 11 is 11.7. The predicted molar refractivity (Wildman–Crippen MR) is 85.0 cm³/mol. The Kier molecular flexibility index (Phi) is 4.55. The van der Waals surface area contributed by atoms with Gasteiger partial charge in [0.1, 0.15) is 5.02 Å². The maximum atomic E-state index is 11.7. The molecule has 0 atom stereocenters.